The number of benzene rings is 2. The first kappa shape index (κ1) is 15.1. The Morgan fingerprint density at radius 2 is 1.74 bits per heavy atom. The predicted molar refractivity (Wildman–Crippen MR) is 84.3 cm³/mol. The minimum Gasteiger partial charge on any atom is -0.508 e. The van der Waals surface area contributed by atoms with Crippen molar-refractivity contribution in [2.75, 3.05) is 0 Å². The molecule has 0 aliphatic heterocycles. The Labute approximate surface area is 132 Å². The van der Waals surface area contributed by atoms with Crippen molar-refractivity contribution in [1.82, 2.24) is 3.97 Å². The van der Waals surface area contributed by atoms with Crippen LogP contribution in [0.25, 0.3) is 10.9 Å². The van der Waals surface area contributed by atoms with E-state index in [9.17, 15) is 23.4 Å². The zero-order valence-corrected chi connectivity index (χ0v) is 12.9. The Balaban J connectivity index is 2.31. The zero-order valence-electron chi connectivity index (χ0n) is 12.1. The third-order valence-corrected chi connectivity index (χ3v) is 5.25. The third kappa shape index (κ3) is 2.44. The largest absolute Gasteiger partial charge is 0.508 e. The SMILES string of the molecule is Cc1ccc(S(=O)(=O)n2cc(C(=O)O)c3cc(O)ccc32)cc1. The minimum absolute atomic E-state index is 0.0602. The third-order valence-electron chi connectivity index (χ3n) is 3.56. The fourth-order valence-electron chi connectivity index (χ4n) is 2.38. The highest BCUT2D eigenvalue weighted by Gasteiger charge is 2.23. The van der Waals surface area contributed by atoms with Gasteiger partial charge in [0.1, 0.15) is 5.75 Å². The molecule has 0 saturated carbocycles. The maximum Gasteiger partial charge on any atom is 0.337 e. The van der Waals surface area contributed by atoms with Crippen LogP contribution >= 0.6 is 0 Å². The molecule has 0 fully saturated rings. The summed E-state index contributed by atoms with van der Waals surface area (Å²) in [6.45, 7) is 1.84. The zero-order chi connectivity index (χ0) is 16.8. The number of carboxylic acids is 1. The first-order valence-corrected chi connectivity index (χ1v) is 8.14. The number of carbonyl (C=O) groups is 1. The molecule has 7 heteroatoms. The molecule has 0 aliphatic carbocycles. The monoisotopic (exact) mass is 331 g/mol. The summed E-state index contributed by atoms with van der Waals surface area (Å²) in [6, 6.07) is 10.2. The molecule has 0 bridgehead atoms. The van der Waals surface area contributed by atoms with Crippen molar-refractivity contribution < 1.29 is 23.4 Å². The van der Waals surface area contributed by atoms with Crippen LogP contribution < -0.4 is 0 Å². The molecule has 23 heavy (non-hydrogen) atoms. The van der Waals surface area contributed by atoms with Crippen molar-refractivity contribution in [3.05, 3.63) is 59.8 Å². The van der Waals surface area contributed by atoms with Crippen LogP contribution in [0.15, 0.2) is 53.6 Å². The lowest BCUT2D eigenvalue weighted by atomic mass is 10.2. The number of aromatic carboxylic acids is 1. The number of hydrogen-bond acceptors (Lipinski definition) is 4. The van der Waals surface area contributed by atoms with Gasteiger partial charge in [-0.05, 0) is 37.3 Å². The highest BCUT2D eigenvalue weighted by Crippen LogP contribution is 2.29. The summed E-state index contributed by atoms with van der Waals surface area (Å²) in [6.07, 6.45) is 1.06. The van der Waals surface area contributed by atoms with Gasteiger partial charge in [-0.15, -0.1) is 0 Å². The smallest absolute Gasteiger partial charge is 0.337 e. The van der Waals surface area contributed by atoms with Crippen LogP contribution in [0.1, 0.15) is 15.9 Å². The van der Waals surface area contributed by atoms with E-state index >= 15 is 0 Å². The Hall–Kier alpha value is -2.80. The van der Waals surface area contributed by atoms with Gasteiger partial charge in [-0.25, -0.2) is 17.2 Å². The van der Waals surface area contributed by atoms with E-state index in [1.54, 1.807) is 12.1 Å². The molecule has 0 aliphatic rings. The Morgan fingerprint density at radius 1 is 1.09 bits per heavy atom. The summed E-state index contributed by atoms with van der Waals surface area (Å²) in [5.41, 5.74) is 0.921. The van der Waals surface area contributed by atoms with Gasteiger partial charge in [0.25, 0.3) is 10.0 Å². The summed E-state index contributed by atoms with van der Waals surface area (Å²) in [5, 5.41) is 19.0. The second kappa shape index (κ2) is 5.13. The minimum atomic E-state index is -3.94. The van der Waals surface area contributed by atoms with Crippen molar-refractivity contribution in [3.8, 4) is 5.75 Å². The van der Waals surface area contributed by atoms with Crippen molar-refractivity contribution in [1.29, 1.82) is 0 Å². The molecule has 2 aromatic carbocycles. The number of hydrogen-bond donors (Lipinski definition) is 2. The van der Waals surface area contributed by atoms with Crippen LogP contribution in [0.5, 0.6) is 5.75 Å². The normalized spacial score (nSPS) is 11.7. The topological polar surface area (TPSA) is 96.6 Å². The van der Waals surface area contributed by atoms with Crippen molar-refractivity contribution in [2.45, 2.75) is 11.8 Å². The van der Waals surface area contributed by atoms with E-state index in [1.165, 1.54) is 30.3 Å². The number of aromatic nitrogens is 1. The van der Waals surface area contributed by atoms with Crippen LogP contribution in [0.3, 0.4) is 0 Å². The standard InChI is InChI=1S/C16H13NO5S/c1-10-2-5-12(6-3-10)23(21,22)17-9-14(16(19)20)13-8-11(18)4-7-15(13)17/h2-9,18H,1H3,(H,19,20). The molecular formula is C16H13NO5S. The molecule has 3 aromatic rings. The van der Waals surface area contributed by atoms with E-state index in [2.05, 4.69) is 0 Å². The van der Waals surface area contributed by atoms with Gasteiger partial charge in [0, 0.05) is 11.6 Å². The van der Waals surface area contributed by atoms with E-state index < -0.39 is 16.0 Å². The van der Waals surface area contributed by atoms with Crippen molar-refractivity contribution in [3.63, 3.8) is 0 Å². The van der Waals surface area contributed by atoms with Crippen LogP contribution in [0, 0.1) is 6.92 Å². The summed E-state index contributed by atoms with van der Waals surface area (Å²) in [4.78, 5) is 11.4. The molecule has 0 atom stereocenters. The molecule has 1 aromatic heterocycles. The lowest BCUT2D eigenvalue weighted by Crippen LogP contribution is -2.12. The molecule has 0 saturated heterocycles. The van der Waals surface area contributed by atoms with Crippen LogP contribution in [-0.4, -0.2) is 28.6 Å². The number of rotatable bonds is 3. The highest BCUT2D eigenvalue weighted by molar-refractivity contribution is 7.90. The van der Waals surface area contributed by atoms with Gasteiger partial charge < -0.3 is 10.2 Å². The fourth-order valence-corrected chi connectivity index (χ4v) is 3.75. The number of carboxylic acid groups (broad SMARTS) is 1. The van der Waals surface area contributed by atoms with Crippen LogP contribution in [-0.2, 0) is 10.0 Å². The fraction of sp³-hybridized carbons (Fsp3) is 0.0625. The first-order chi connectivity index (χ1) is 10.8. The average molecular weight is 331 g/mol. The molecule has 0 spiro atoms. The van der Waals surface area contributed by atoms with E-state index in [1.807, 2.05) is 6.92 Å². The van der Waals surface area contributed by atoms with Crippen LogP contribution in [0.4, 0.5) is 0 Å². The molecule has 0 amide bonds. The van der Waals surface area contributed by atoms with Gasteiger partial charge in [0.15, 0.2) is 0 Å². The lowest BCUT2D eigenvalue weighted by Gasteiger charge is -2.07. The summed E-state index contributed by atoms with van der Waals surface area (Å²) in [5.74, 6) is -1.40. The molecule has 118 valence electrons. The number of phenolic OH excluding ortho intramolecular Hbond substituents is 1. The molecule has 0 unspecified atom stereocenters. The second-order valence-electron chi connectivity index (χ2n) is 5.16. The van der Waals surface area contributed by atoms with Crippen molar-refractivity contribution in [2.24, 2.45) is 0 Å². The van der Waals surface area contributed by atoms with Gasteiger partial charge in [0.2, 0.25) is 0 Å². The summed E-state index contributed by atoms with van der Waals surface area (Å²) in [7, 11) is -3.94. The van der Waals surface area contributed by atoms with E-state index in [-0.39, 0.29) is 27.1 Å². The highest BCUT2D eigenvalue weighted by atomic mass is 32.2. The first-order valence-electron chi connectivity index (χ1n) is 6.70. The second-order valence-corrected chi connectivity index (χ2v) is 6.98. The predicted octanol–water partition coefficient (Wildman–Crippen LogP) is 2.59. The van der Waals surface area contributed by atoms with E-state index in [0.717, 1.165) is 15.7 Å². The van der Waals surface area contributed by atoms with Gasteiger partial charge >= 0.3 is 5.97 Å². The van der Waals surface area contributed by atoms with E-state index in [0.29, 0.717) is 0 Å². The number of nitrogens with zero attached hydrogens (tertiary/aromatic N) is 1. The van der Waals surface area contributed by atoms with Crippen LogP contribution in [0.2, 0.25) is 0 Å². The quantitative estimate of drug-likeness (QED) is 0.769. The number of aromatic hydroxyl groups is 1. The Morgan fingerprint density at radius 3 is 2.35 bits per heavy atom. The van der Waals surface area contributed by atoms with E-state index in [4.69, 9.17) is 0 Å². The molecule has 1 heterocycles. The average Bonchev–Trinajstić information content (AvgIpc) is 2.87. The Bertz CT molecular complexity index is 1020. The molecular weight excluding hydrogens is 318 g/mol. The van der Waals surface area contributed by atoms with Gasteiger partial charge in [-0.3, -0.25) is 0 Å². The number of fused-ring (bicyclic) bond motifs is 1. The number of phenols is 1. The van der Waals surface area contributed by atoms with Gasteiger partial charge in [-0.2, -0.15) is 0 Å². The number of aryl methyl sites for hydroxylation is 1. The summed E-state index contributed by atoms with van der Waals surface area (Å²) >= 11 is 0. The molecule has 2 N–H and O–H groups in total. The molecule has 3 rings (SSSR count). The molecule has 0 radical (unpaired) electrons. The molecule has 6 nitrogen and oxygen atoms in total. The van der Waals surface area contributed by atoms with Gasteiger partial charge in [0.05, 0.1) is 16.0 Å². The maximum absolute atomic E-state index is 12.8. The lowest BCUT2D eigenvalue weighted by molar-refractivity contribution is 0.0699. The summed E-state index contributed by atoms with van der Waals surface area (Å²) < 4.78 is 26.5. The Kier molecular flexibility index (Phi) is 3.37. The van der Waals surface area contributed by atoms with Gasteiger partial charge in [-0.1, -0.05) is 17.7 Å². The maximum atomic E-state index is 12.8. The van der Waals surface area contributed by atoms with Crippen molar-refractivity contribution >= 4 is 26.9 Å².